The maximum atomic E-state index is 13.2. The Kier molecular flexibility index (Phi) is 4.36. The molecule has 1 N–H and O–H groups in total. The van der Waals surface area contributed by atoms with Crippen LogP contribution < -0.4 is 26.0 Å². The second kappa shape index (κ2) is 7.20. The number of rotatable bonds is 4. The van der Waals surface area contributed by atoms with Crippen molar-refractivity contribution in [2.45, 2.75) is 6.54 Å². The van der Waals surface area contributed by atoms with Gasteiger partial charge in [0.25, 0.3) is 5.56 Å². The van der Waals surface area contributed by atoms with Gasteiger partial charge in [-0.05, 0) is 35.7 Å². The average molecular weight is 421 g/mol. The molecule has 0 fully saturated rings. The summed E-state index contributed by atoms with van der Waals surface area (Å²) in [4.78, 5) is 38.7. The van der Waals surface area contributed by atoms with Crippen molar-refractivity contribution < 1.29 is 14.3 Å². The van der Waals surface area contributed by atoms with E-state index in [-0.39, 0.29) is 13.3 Å². The van der Waals surface area contributed by atoms with E-state index in [2.05, 4.69) is 5.32 Å². The molecule has 2 aromatic carbocycles. The van der Waals surface area contributed by atoms with Crippen LogP contribution in [0.1, 0.15) is 0 Å². The lowest BCUT2D eigenvalue weighted by atomic mass is 10.2. The number of nitrogens with zero attached hydrogens (tertiary/aromatic N) is 2. The smallest absolute Gasteiger partial charge is 0.336 e. The molecule has 0 unspecified atom stereocenters. The van der Waals surface area contributed by atoms with Crippen LogP contribution in [0.15, 0.2) is 69.6 Å². The number of ether oxygens (including phenoxy) is 2. The molecule has 1 aliphatic rings. The van der Waals surface area contributed by atoms with E-state index in [9.17, 15) is 14.4 Å². The maximum absolute atomic E-state index is 13.2. The van der Waals surface area contributed by atoms with Gasteiger partial charge >= 0.3 is 5.69 Å². The van der Waals surface area contributed by atoms with E-state index < -0.39 is 17.2 Å². The molecular formula is C21H15N3O5S. The molecule has 3 heterocycles. The largest absolute Gasteiger partial charge is 0.454 e. The number of thiophene rings is 1. The summed E-state index contributed by atoms with van der Waals surface area (Å²) >= 11 is 1.23. The van der Waals surface area contributed by atoms with E-state index in [4.69, 9.17) is 9.47 Å². The molecule has 4 aromatic rings. The van der Waals surface area contributed by atoms with Gasteiger partial charge in [-0.3, -0.25) is 14.2 Å². The molecule has 5 rings (SSSR count). The predicted molar refractivity (Wildman–Crippen MR) is 113 cm³/mol. The minimum Gasteiger partial charge on any atom is -0.454 e. The fraction of sp³-hybridized carbons (Fsp3) is 0.0952. The van der Waals surface area contributed by atoms with Crippen molar-refractivity contribution in [3.63, 3.8) is 0 Å². The fourth-order valence-electron chi connectivity index (χ4n) is 3.36. The Bertz CT molecular complexity index is 1390. The second-order valence-corrected chi connectivity index (χ2v) is 7.51. The third-order valence-electron chi connectivity index (χ3n) is 4.73. The van der Waals surface area contributed by atoms with Gasteiger partial charge in [-0.2, -0.15) is 0 Å². The Hall–Kier alpha value is -3.85. The first-order valence-corrected chi connectivity index (χ1v) is 9.98. The van der Waals surface area contributed by atoms with Crippen molar-refractivity contribution in [3.8, 4) is 17.2 Å². The van der Waals surface area contributed by atoms with Gasteiger partial charge in [0.15, 0.2) is 11.5 Å². The molecule has 0 saturated heterocycles. The van der Waals surface area contributed by atoms with Crippen LogP contribution in [-0.2, 0) is 11.3 Å². The standard InChI is InChI=1S/C21H15N3O5S/c25-18(22-13-6-7-16-17(10-13)29-12-28-16)11-23-15-8-9-30-19(15)20(26)24(21(23)27)14-4-2-1-3-5-14/h1-10H,11-12H2,(H,22,25). The lowest BCUT2D eigenvalue weighted by Gasteiger charge is -2.12. The van der Waals surface area contributed by atoms with Crippen LogP contribution in [0, 0.1) is 0 Å². The van der Waals surface area contributed by atoms with Gasteiger partial charge in [0.05, 0.1) is 11.2 Å². The Morgan fingerprint density at radius 2 is 1.83 bits per heavy atom. The Morgan fingerprint density at radius 1 is 1.03 bits per heavy atom. The highest BCUT2D eigenvalue weighted by atomic mass is 32.1. The summed E-state index contributed by atoms with van der Waals surface area (Å²) in [5.74, 6) is 0.753. The number of carbonyl (C=O) groups is 1. The lowest BCUT2D eigenvalue weighted by Crippen LogP contribution is -2.40. The number of fused-ring (bicyclic) bond motifs is 2. The van der Waals surface area contributed by atoms with Crippen LogP contribution in [0.2, 0.25) is 0 Å². The summed E-state index contributed by atoms with van der Waals surface area (Å²) < 4.78 is 13.4. The van der Waals surface area contributed by atoms with Gasteiger partial charge in [0.2, 0.25) is 12.7 Å². The molecule has 1 amide bonds. The van der Waals surface area contributed by atoms with Gasteiger partial charge < -0.3 is 14.8 Å². The summed E-state index contributed by atoms with van der Waals surface area (Å²) in [5.41, 5.74) is 0.438. The minimum absolute atomic E-state index is 0.138. The Labute approximate surface area is 173 Å². The van der Waals surface area contributed by atoms with Crippen molar-refractivity contribution in [2.75, 3.05) is 12.1 Å². The predicted octanol–water partition coefficient (Wildman–Crippen LogP) is 2.58. The number of hydrogen-bond donors (Lipinski definition) is 1. The molecular weight excluding hydrogens is 406 g/mol. The maximum Gasteiger partial charge on any atom is 0.336 e. The van der Waals surface area contributed by atoms with Crippen molar-refractivity contribution in [1.29, 1.82) is 0 Å². The number of benzene rings is 2. The monoisotopic (exact) mass is 421 g/mol. The third-order valence-corrected chi connectivity index (χ3v) is 5.62. The number of para-hydroxylation sites is 1. The van der Waals surface area contributed by atoms with Gasteiger partial charge in [-0.25, -0.2) is 9.36 Å². The van der Waals surface area contributed by atoms with Crippen LogP contribution in [0.4, 0.5) is 5.69 Å². The molecule has 0 radical (unpaired) electrons. The molecule has 8 nitrogen and oxygen atoms in total. The molecule has 0 aliphatic carbocycles. The second-order valence-electron chi connectivity index (χ2n) is 6.60. The van der Waals surface area contributed by atoms with Gasteiger partial charge in [0.1, 0.15) is 11.2 Å². The van der Waals surface area contributed by atoms with E-state index >= 15 is 0 Å². The quantitative estimate of drug-likeness (QED) is 0.547. The zero-order chi connectivity index (χ0) is 20.7. The summed E-state index contributed by atoms with van der Waals surface area (Å²) in [6, 6.07) is 15.4. The van der Waals surface area contributed by atoms with Crippen LogP contribution in [-0.4, -0.2) is 21.8 Å². The van der Waals surface area contributed by atoms with Crippen LogP contribution >= 0.6 is 11.3 Å². The third kappa shape index (κ3) is 3.05. The average Bonchev–Trinajstić information content (AvgIpc) is 3.41. The number of carbonyl (C=O) groups excluding carboxylic acids is 1. The minimum atomic E-state index is -0.571. The zero-order valence-electron chi connectivity index (χ0n) is 15.5. The van der Waals surface area contributed by atoms with Crippen LogP contribution in [0.3, 0.4) is 0 Å². The first-order valence-electron chi connectivity index (χ1n) is 9.10. The highest BCUT2D eigenvalue weighted by Crippen LogP contribution is 2.34. The number of anilines is 1. The molecule has 0 bridgehead atoms. The van der Waals surface area contributed by atoms with Crippen LogP contribution in [0.5, 0.6) is 11.5 Å². The fourth-order valence-corrected chi connectivity index (χ4v) is 4.19. The van der Waals surface area contributed by atoms with Crippen LogP contribution in [0.25, 0.3) is 15.9 Å². The Balaban J connectivity index is 1.53. The molecule has 0 atom stereocenters. The summed E-state index contributed by atoms with van der Waals surface area (Å²) in [7, 11) is 0. The number of aromatic nitrogens is 2. The van der Waals surface area contributed by atoms with E-state index in [1.165, 1.54) is 15.9 Å². The summed E-state index contributed by atoms with van der Waals surface area (Å²) in [6.07, 6.45) is 0. The SMILES string of the molecule is O=C(Cn1c(=O)n(-c2ccccc2)c(=O)c2sccc21)Nc1ccc2c(c1)OCO2. The van der Waals surface area contributed by atoms with Gasteiger partial charge in [-0.15, -0.1) is 11.3 Å². The zero-order valence-corrected chi connectivity index (χ0v) is 16.3. The van der Waals surface area contributed by atoms with E-state index in [1.807, 2.05) is 0 Å². The molecule has 1 aliphatic heterocycles. The molecule has 0 saturated carbocycles. The normalized spacial score (nSPS) is 12.3. The topological polar surface area (TPSA) is 91.6 Å². The summed E-state index contributed by atoms with van der Waals surface area (Å²) in [5, 5.41) is 4.49. The molecule has 2 aromatic heterocycles. The van der Waals surface area contributed by atoms with E-state index in [0.717, 1.165) is 4.57 Å². The van der Waals surface area contributed by atoms with Crippen molar-refractivity contribution >= 4 is 33.1 Å². The highest BCUT2D eigenvalue weighted by Gasteiger charge is 2.18. The number of amides is 1. The first-order chi connectivity index (χ1) is 14.6. The van der Waals surface area contributed by atoms with Gasteiger partial charge in [-0.1, -0.05) is 18.2 Å². The molecule has 150 valence electrons. The summed E-state index contributed by atoms with van der Waals surface area (Å²) in [6.45, 7) is -0.104. The lowest BCUT2D eigenvalue weighted by molar-refractivity contribution is -0.116. The van der Waals surface area contributed by atoms with Crippen molar-refractivity contribution in [2.24, 2.45) is 0 Å². The van der Waals surface area contributed by atoms with E-state index in [1.54, 1.807) is 60.0 Å². The number of hydrogen-bond acceptors (Lipinski definition) is 6. The van der Waals surface area contributed by atoms with Crippen molar-refractivity contribution in [3.05, 3.63) is 80.8 Å². The molecule has 9 heteroatoms. The molecule has 0 spiro atoms. The van der Waals surface area contributed by atoms with Crippen molar-refractivity contribution in [1.82, 2.24) is 9.13 Å². The number of nitrogens with one attached hydrogen (secondary N) is 1. The van der Waals surface area contributed by atoms with Gasteiger partial charge in [0, 0.05) is 11.8 Å². The Morgan fingerprint density at radius 3 is 2.67 bits per heavy atom. The molecule has 30 heavy (non-hydrogen) atoms. The van der Waals surface area contributed by atoms with E-state index in [0.29, 0.717) is 33.1 Å². The first kappa shape index (κ1) is 18.2. The highest BCUT2D eigenvalue weighted by molar-refractivity contribution is 7.17.